The maximum Gasteiger partial charge on any atom is 0.318 e. The van der Waals surface area contributed by atoms with E-state index in [-0.39, 0.29) is 12.1 Å². The molecular formula is C22H33N5O3. The number of likely N-dealkylation sites (tertiary alicyclic amines) is 1. The number of hydrogen-bond acceptors (Lipinski definition) is 6. The molecule has 0 bridgehead atoms. The summed E-state index contributed by atoms with van der Waals surface area (Å²) in [5.74, 6) is 2.37. The highest BCUT2D eigenvalue weighted by Gasteiger charge is 2.28. The van der Waals surface area contributed by atoms with E-state index < -0.39 is 0 Å². The highest BCUT2D eigenvalue weighted by atomic mass is 16.5. The number of piperidine rings is 1. The van der Waals surface area contributed by atoms with Gasteiger partial charge in [-0.15, -0.1) is 0 Å². The fourth-order valence-corrected chi connectivity index (χ4v) is 3.48. The van der Waals surface area contributed by atoms with E-state index in [2.05, 4.69) is 41.3 Å². The fourth-order valence-electron chi connectivity index (χ4n) is 3.48. The molecule has 2 aromatic rings. The molecule has 30 heavy (non-hydrogen) atoms. The Kier molecular flexibility index (Phi) is 7.68. The van der Waals surface area contributed by atoms with Crippen molar-refractivity contribution in [3.63, 3.8) is 0 Å². The Bertz CT molecular complexity index is 797. The molecule has 1 aliphatic rings. The minimum atomic E-state index is -0.104. The third-order valence-electron chi connectivity index (χ3n) is 5.22. The number of aromatic nitrogens is 2. The number of nitrogens with zero attached hydrogens (tertiary/aromatic N) is 4. The summed E-state index contributed by atoms with van der Waals surface area (Å²) < 4.78 is 10.8. The topological polar surface area (TPSA) is 83.7 Å². The summed E-state index contributed by atoms with van der Waals surface area (Å²) in [6.45, 7) is 9.43. The van der Waals surface area contributed by atoms with Crippen LogP contribution in [0.4, 0.5) is 4.79 Å². The van der Waals surface area contributed by atoms with Gasteiger partial charge in [0.2, 0.25) is 5.89 Å². The molecule has 1 fully saturated rings. The molecule has 0 spiro atoms. The predicted molar refractivity (Wildman–Crippen MR) is 114 cm³/mol. The van der Waals surface area contributed by atoms with E-state index in [1.165, 1.54) is 0 Å². The quantitative estimate of drug-likeness (QED) is 0.713. The lowest BCUT2D eigenvalue weighted by atomic mass is 10.0. The SMILES string of the molecule is Cc1nc(CN(C(=O)NCc2ccc(OCC(C)C)cc2)C2CCN(C)CC2)no1. The molecule has 1 aromatic carbocycles. The van der Waals surface area contributed by atoms with Crippen molar-refractivity contribution in [1.29, 1.82) is 0 Å². The van der Waals surface area contributed by atoms with Gasteiger partial charge in [-0.05, 0) is 56.6 Å². The molecule has 2 heterocycles. The first-order valence-electron chi connectivity index (χ1n) is 10.6. The number of hydrogen-bond donors (Lipinski definition) is 1. The van der Waals surface area contributed by atoms with Crippen molar-refractivity contribution in [2.75, 3.05) is 26.7 Å². The van der Waals surface area contributed by atoms with Crippen LogP contribution in [0.1, 0.15) is 44.0 Å². The smallest absolute Gasteiger partial charge is 0.318 e. The second-order valence-electron chi connectivity index (χ2n) is 8.40. The van der Waals surface area contributed by atoms with Crippen molar-refractivity contribution < 1.29 is 14.1 Å². The average Bonchev–Trinajstić information content (AvgIpc) is 3.15. The standard InChI is InChI=1S/C22H33N5O3/c1-16(2)15-29-20-7-5-18(6-8-20)13-23-22(28)27(14-21-24-17(3)30-25-21)19-9-11-26(4)12-10-19/h5-8,16,19H,9-15H2,1-4H3,(H,23,28). The van der Waals surface area contributed by atoms with Gasteiger partial charge in [0, 0.05) is 19.5 Å². The number of urea groups is 1. The molecule has 1 aromatic heterocycles. The van der Waals surface area contributed by atoms with E-state index >= 15 is 0 Å². The molecule has 2 amide bonds. The molecule has 3 rings (SSSR count). The Morgan fingerprint density at radius 2 is 2.00 bits per heavy atom. The predicted octanol–water partition coefficient (Wildman–Crippen LogP) is 3.22. The number of rotatable bonds is 8. The van der Waals surface area contributed by atoms with Crippen LogP contribution in [0.2, 0.25) is 0 Å². The van der Waals surface area contributed by atoms with Crippen LogP contribution in [-0.2, 0) is 13.1 Å². The molecule has 8 nitrogen and oxygen atoms in total. The molecule has 1 N–H and O–H groups in total. The first-order chi connectivity index (χ1) is 14.4. The summed E-state index contributed by atoms with van der Waals surface area (Å²) in [7, 11) is 2.11. The number of benzene rings is 1. The monoisotopic (exact) mass is 415 g/mol. The van der Waals surface area contributed by atoms with Gasteiger partial charge < -0.3 is 24.4 Å². The zero-order valence-electron chi connectivity index (χ0n) is 18.4. The number of amides is 2. The molecule has 0 aliphatic carbocycles. The lowest BCUT2D eigenvalue weighted by Crippen LogP contribution is -2.49. The van der Waals surface area contributed by atoms with Crippen LogP contribution in [0, 0.1) is 12.8 Å². The van der Waals surface area contributed by atoms with Gasteiger partial charge in [-0.2, -0.15) is 4.98 Å². The lowest BCUT2D eigenvalue weighted by Gasteiger charge is -2.36. The lowest BCUT2D eigenvalue weighted by molar-refractivity contribution is 0.124. The van der Waals surface area contributed by atoms with Crippen LogP contribution in [0.15, 0.2) is 28.8 Å². The number of carbonyl (C=O) groups is 1. The third-order valence-corrected chi connectivity index (χ3v) is 5.22. The van der Waals surface area contributed by atoms with Crippen molar-refractivity contribution in [2.24, 2.45) is 5.92 Å². The Morgan fingerprint density at radius 1 is 1.30 bits per heavy atom. The Labute approximate surface area is 178 Å². The Hall–Kier alpha value is -2.61. The van der Waals surface area contributed by atoms with Gasteiger partial charge in [-0.3, -0.25) is 0 Å². The zero-order valence-corrected chi connectivity index (χ0v) is 18.4. The van der Waals surface area contributed by atoms with E-state index in [4.69, 9.17) is 9.26 Å². The van der Waals surface area contributed by atoms with Crippen LogP contribution < -0.4 is 10.1 Å². The van der Waals surface area contributed by atoms with Crippen molar-refractivity contribution >= 4 is 6.03 Å². The number of carbonyl (C=O) groups excluding carboxylic acids is 1. The normalized spacial score (nSPS) is 15.4. The van der Waals surface area contributed by atoms with Gasteiger partial charge in [0.25, 0.3) is 0 Å². The minimum absolute atomic E-state index is 0.104. The number of ether oxygens (including phenoxy) is 1. The molecule has 0 unspecified atom stereocenters. The molecular weight excluding hydrogens is 382 g/mol. The van der Waals surface area contributed by atoms with Crippen molar-refractivity contribution in [2.45, 2.75) is 52.7 Å². The van der Waals surface area contributed by atoms with E-state index in [1.54, 1.807) is 6.92 Å². The first kappa shape index (κ1) is 22.1. The van der Waals surface area contributed by atoms with E-state index in [1.807, 2.05) is 29.2 Å². The van der Waals surface area contributed by atoms with Crippen LogP contribution >= 0.6 is 0 Å². The summed E-state index contributed by atoms with van der Waals surface area (Å²) in [6, 6.07) is 7.91. The molecule has 164 valence electrons. The summed E-state index contributed by atoms with van der Waals surface area (Å²) in [5, 5.41) is 7.02. The van der Waals surface area contributed by atoms with Gasteiger partial charge in [0.1, 0.15) is 5.75 Å². The van der Waals surface area contributed by atoms with Gasteiger partial charge in [-0.25, -0.2) is 4.79 Å². The van der Waals surface area contributed by atoms with Crippen molar-refractivity contribution in [1.82, 2.24) is 25.3 Å². The Morgan fingerprint density at radius 3 is 2.60 bits per heavy atom. The highest BCUT2D eigenvalue weighted by molar-refractivity contribution is 5.74. The molecule has 0 saturated carbocycles. The van der Waals surface area contributed by atoms with E-state index in [9.17, 15) is 4.79 Å². The van der Waals surface area contributed by atoms with Gasteiger partial charge >= 0.3 is 6.03 Å². The third kappa shape index (κ3) is 6.45. The minimum Gasteiger partial charge on any atom is -0.493 e. The molecule has 0 radical (unpaired) electrons. The second-order valence-corrected chi connectivity index (χ2v) is 8.40. The van der Waals surface area contributed by atoms with Crippen molar-refractivity contribution in [3.8, 4) is 5.75 Å². The summed E-state index contributed by atoms with van der Waals surface area (Å²) in [6.07, 6.45) is 1.87. The highest BCUT2D eigenvalue weighted by Crippen LogP contribution is 2.18. The maximum absolute atomic E-state index is 13.0. The molecule has 8 heteroatoms. The largest absolute Gasteiger partial charge is 0.493 e. The Balaban J connectivity index is 1.59. The molecule has 1 aliphatic heterocycles. The van der Waals surface area contributed by atoms with Crippen LogP contribution in [0.25, 0.3) is 0 Å². The van der Waals surface area contributed by atoms with E-state index in [0.717, 1.165) is 37.2 Å². The molecule has 0 atom stereocenters. The average molecular weight is 416 g/mol. The van der Waals surface area contributed by atoms with Crippen LogP contribution in [0.3, 0.4) is 0 Å². The van der Waals surface area contributed by atoms with Crippen LogP contribution in [-0.4, -0.2) is 58.8 Å². The fraction of sp³-hybridized carbons (Fsp3) is 0.591. The number of aryl methyl sites for hydroxylation is 1. The van der Waals surface area contributed by atoms with Crippen molar-refractivity contribution in [3.05, 3.63) is 41.5 Å². The van der Waals surface area contributed by atoms with Gasteiger partial charge in [0.05, 0.1) is 13.2 Å². The maximum atomic E-state index is 13.0. The number of nitrogens with one attached hydrogen (secondary N) is 1. The summed E-state index contributed by atoms with van der Waals surface area (Å²) in [4.78, 5) is 21.5. The first-order valence-corrected chi connectivity index (χ1v) is 10.6. The zero-order chi connectivity index (χ0) is 21.5. The van der Waals surface area contributed by atoms with Gasteiger partial charge in [-0.1, -0.05) is 31.1 Å². The van der Waals surface area contributed by atoms with Gasteiger partial charge in [0.15, 0.2) is 5.82 Å². The van der Waals surface area contributed by atoms with Crippen LogP contribution in [0.5, 0.6) is 5.75 Å². The van der Waals surface area contributed by atoms with E-state index in [0.29, 0.717) is 37.3 Å². The summed E-state index contributed by atoms with van der Waals surface area (Å²) in [5.41, 5.74) is 1.03. The second kappa shape index (κ2) is 10.4. The molecule has 1 saturated heterocycles. The summed E-state index contributed by atoms with van der Waals surface area (Å²) >= 11 is 0.